The third-order valence-corrected chi connectivity index (χ3v) is 4.45. The lowest BCUT2D eigenvalue weighted by Gasteiger charge is -2.36. The molecule has 5 heteroatoms. The summed E-state index contributed by atoms with van der Waals surface area (Å²) in [6, 6.07) is 0. The van der Waals surface area contributed by atoms with E-state index in [2.05, 4.69) is 11.8 Å². The molecule has 110 valence electrons. The molecule has 0 aromatic heterocycles. The number of nitrogens with zero attached hydrogens (tertiary/aromatic N) is 2. The summed E-state index contributed by atoms with van der Waals surface area (Å²) in [5.74, 6) is -0.983. The highest BCUT2D eigenvalue weighted by Crippen LogP contribution is 2.32. The van der Waals surface area contributed by atoms with Crippen molar-refractivity contribution in [1.82, 2.24) is 9.80 Å². The summed E-state index contributed by atoms with van der Waals surface area (Å²) < 4.78 is 0. The van der Waals surface area contributed by atoms with Gasteiger partial charge < -0.3 is 14.9 Å². The Labute approximate surface area is 115 Å². The van der Waals surface area contributed by atoms with Crippen molar-refractivity contribution < 1.29 is 14.7 Å². The van der Waals surface area contributed by atoms with E-state index in [0.717, 1.165) is 19.6 Å². The lowest BCUT2D eigenvalue weighted by Crippen LogP contribution is -2.50. The van der Waals surface area contributed by atoms with Crippen molar-refractivity contribution >= 4 is 11.9 Å². The van der Waals surface area contributed by atoms with E-state index in [4.69, 9.17) is 0 Å². The van der Waals surface area contributed by atoms with Gasteiger partial charge in [0, 0.05) is 32.6 Å². The van der Waals surface area contributed by atoms with Gasteiger partial charge in [0.05, 0.1) is 5.41 Å². The first-order valence-electron chi connectivity index (χ1n) is 7.04. The molecule has 19 heavy (non-hydrogen) atoms. The number of hydrogen-bond acceptors (Lipinski definition) is 3. The smallest absolute Gasteiger partial charge is 0.310 e. The second-order valence-corrected chi connectivity index (χ2v) is 5.87. The summed E-state index contributed by atoms with van der Waals surface area (Å²) in [5.41, 5.74) is -0.973. The van der Waals surface area contributed by atoms with Gasteiger partial charge in [-0.3, -0.25) is 9.59 Å². The van der Waals surface area contributed by atoms with Crippen LogP contribution in [0.3, 0.4) is 0 Å². The molecular formula is C14H26N2O3. The number of rotatable bonds is 5. The van der Waals surface area contributed by atoms with Crippen molar-refractivity contribution in [2.45, 2.75) is 34.1 Å². The van der Waals surface area contributed by atoms with Crippen LogP contribution in [0, 0.1) is 11.3 Å². The second kappa shape index (κ2) is 6.37. The Morgan fingerprint density at radius 2 is 1.74 bits per heavy atom. The largest absolute Gasteiger partial charge is 0.481 e. The summed E-state index contributed by atoms with van der Waals surface area (Å²) >= 11 is 0. The quantitative estimate of drug-likeness (QED) is 0.817. The predicted octanol–water partition coefficient (Wildman–Crippen LogP) is 1.29. The van der Waals surface area contributed by atoms with Gasteiger partial charge in [-0.25, -0.2) is 0 Å². The summed E-state index contributed by atoms with van der Waals surface area (Å²) in [6.07, 6.45) is 0.0894. The molecule has 1 heterocycles. The van der Waals surface area contributed by atoms with Crippen LogP contribution in [0.25, 0.3) is 0 Å². The van der Waals surface area contributed by atoms with Gasteiger partial charge in [-0.2, -0.15) is 0 Å². The molecule has 1 fully saturated rings. The SMILES string of the molecule is CCN1CCN(C(=O)CC(C)(C(=O)O)C(C)C)CC1. The number of carboxylic acids is 1. The minimum Gasteiger partial charge on any atom is -0.481 e. The van der Waals surface area contributed by atoms with Crippen molar-refractivity contribution in [2.75, 3.05) is 32.7 Å². The summed E-state index contributed by atoms with van der Waals surface area (Å²) in [4.78, 5) is 27.8. The normalized spacial score (nSPS) is 20.4. The average molecular weight is 270 g/mol. The lowest BCUT2D eigenvalue weighted by atomic mass is 9.76. The molecule has 0 spiro atoms. The van der Waals surface area contributed by atoms with Gasteiger partial charge >= 0.3 is 5.97 Å². The van der Waals surface area contributed by atoms with Gasteiger partial charge in [-0.15, -0.1) is 0 Å². The van der Waals surface area contributed by atoms with Crippen LogP contribution in [0.4, 0.5) is 0 Å². The Hall–Kier alpha value is -1.10. The monoisotopic (exact) mass is 270 g/mol. The Balaban J connectivity index is 2.62. The molecule has 1 amide bonds. The summed E-state index contributed by atoms with van der Waals surface area (Å²) in [5, 5.41) is 9.35. The highest BCUT2D eigenvalue weighted by atomic mass is 16.4. The highest BCUT2D eigenvalue weighted by molar-refractivity contribution is 5.85. The van der Waals surface area contributed by atoms with Gasteiger partial charge in [0.1, 0.15) is 0 Å². The molecule has 0 aliphatic carbocycles. The minimum atomic E-state index is -0.973. The van der Waals surface area contributed by atoms with Crippen molar-refractivity contribution in [3.05, 3.63) is 0 Å². The topological polar surface area (TPSA) is 60.9 Å². The van der Waals surface area contributed by atoms with Gasteiger partial charge in [-0.1, -0.05) is 20.8 Å². The third-order valence-electron chi connectivity index (χ3n) is 4.45. The van der Waals surface area contributed by atoms with E-state index in [1.54, 1.807) is 11.8 Å². The number of hydrogen-bond donors (Lipinski definition) is 1. The number of carbonyl (C=O) groups excluding carboxylic acids is 1. The van der Waals surface area contributed by atoms with E-state index in [0.29, 0.717) is 13.1 Å². The van der Waals surface area contributed by atoms with Crippen LogP contribution in [0.2, 0.25) is 0 Å². The zero-order valence-corrected chi connectivity index (χ0v) is 12.5. The first kappa shape index (κ1) is 16.0. The molecule has 0 bridgehead atoms. The maximum Gasteiger partial charge on any atom is 0.310 e. The van der Waals surface area contributed by atoms with Crippen LogP contribution in [-0.4, -0.2) is 59.5 Å². The van der Waals surface area contributed by atoms with Crippen LogP contribution in [-0.2, 0) is 9.59 Å². The molecule has 5 nitrogen and oxygen atoms in total. The number of likely N-dealkylation sites (N-methyl/N-ethyl adjacent to an activating group) is 1. The number of carboxylic acid groups (broad SMARTS) is 1. The van der Waals surface area contributed by atoms with Gasteiger partial charge in [0.15, 0.2) is 0 Å². The standard InChI is InChI=1S/C14H26N2O3/c1-5-15-6-8-16(9-7-15)12(17)10-14(4,11(2)3)13(18)19/h11H,5-10H2,1-4H3,(H,18,19). The van der Waals surface area contributed by atoms with Gasteiger partial charge in [0.25, 0.3) is 0 Å². The molecule has 0 aromatic rings. The number of piperazine rings is 1. The Morgan fingerprint density at radius 3 is 2.11 bits per heavy atom. The minimum absolute atomic E-state index is 0.0330. The fourth-order valence-electron chi connectivity index (χ4n) is 2.27. The van der Waals surface area contributed by atoms with E-state index in [1.807, 2.05) is 13.8 Å². The van der Waals surface area contributed by atoms with E-state index in [9.17, 15) is 14.7 Å². The molecule has 1 aliphatic heterocycles. The maximum atomic E-state index is 12.3. The zero-order chi connectivity index (χ0) is 14.6. The molecular weight excluding hydrogens is 244 g/mol. The molecule has 1 unspecified atom stereocenters. The molecule has 1 N–H and O–H groups in total. The molecule has 1 aliphatic rings. The second-order valence-electron chi connectivity index (χ2n) is 5.87. The molecule has 1 saturated heterocycles. The maximum absolute atomic E-state index is 12.3. The highest BCUT2D eigenvalue weighted by Gasteiger charge is 2.40. The van der Waals surface area contributed by atoms with Crippen LogP contribution < -0.4 is 0 Å². The Kier molecular flexibility index (Phi) is 5.35. The van der Waals surface area contributed by atoms with E-state index in [1.165, 1.54) is 0 Å². The lowest BCUT2D eigenvalue weighted by molar-refractivity contribution is -0.156. The van der Waals surface area contributed by atoms with E-state index in [-0.39, 0.29) is 18.2 Å². The molecule has 0 saturated carbocycles. The van der Waals surface area contributed by atoms with Crippen LogP contribution in [0.5, 0.6) is 0 Å². The number of carbonyl (C=O) groups is 2. The van der Waals surface area contributed by atoms with Crippen LogP contribution >= 0.6 is 0 Å². The zero-order valence-electron chi connectivity index (χ0n) is 12.5. The molecule has 1 rings (SSSR count). The fraction of sp³-hybridized carbons (Fsp3) is 0.857. The van der Waals surface area contributed by atoms with Crippen LogP contribution in [0.1, 0.15) is 34.1 Å². The van der Waals surface area contributed by atoms with Gasteiger partial charge in [-0.05, 0) is 19.4 Å². The molecule has 0 aromatic carbocycles. The van der Waals surface area contributed by atoms with Crippen LogP contribution in [0.15, 0.2) is 0 Å². The third kappa shape index (κ3) is 3.69. The average Bonchev–Trinajstić information content (AvgIpc) is 2.38. The fourth-order valence-corrected chi connectivity index (χ4v) is 2.27. The molecule has 1 atom stereocenters. The Morgan fingerprint density at radius 1 is 1.21 bits per heavy atom. The summed E-state index contributed by atoms with van der Waals surface area (Å²) in [6.45, 7) is 11.7. The van der Waals surface area contributed by atoms with E-state index < -0.39 is 11.4 Å². The predicted molar refractivity (Wildman–Crippen MR) is 73.9 cm³/mol. The van der Waals surface area contributed by atoms with Gasteiger partial charge in [0.2, 0.25) is 5.91 Å². The first-order chi connectivity index (χ1) is 8.81. The van der Waals surface area contributed by atoms with E-state index >= 15 is 0 Å². The van der Waals surface area contributed by atoms with Crippen molar-refractivity contribution in [1.29, 1.82) is 0 Å². The Bertz CT molecular complexity index is 336. The number of amides is 1. The van der Waals surface area contributed by atoms with Crippen molar-refractivity contribution in [3.63, 3.8) is 0 Å². The van der Waals surface area contributed by atoms with Crippen molar-refractivity contribution in [2.24, 2.45) is 11.3 Å². The first-order valence-corrected chi connectivity index (χ1v) is 7.04. The summed E-state index contributed by atoms with van der Waals surface area (Å²) in [7, 11) is 0. The molecule has 0 radical (unpaired) electrons. The van der Waals surface area contributed by atoms with Crippen molar-refractivity contribution in [3.8, 4) is 0 Å². The number of aliphatic carboxylic acids is 1.